The molecular weight excluding hydrogens is 371 g/mol. The van der Waals surface area contributed by atoms with Crippen LogP contribution in [0.2, 0.25) is 0 Å². The van der Waals surface area contributed by atoms with Gasteiger partial charge in [0.25, 0.3) is 0 Å². The van der Waals surface area contributed by atoms with E-state index >= 15 is 8.78 Å². The lowest BCUT2D eigenvalue weighted by molar-refractivity contribution is 0.144. The number of hydrogen-bond acceptors (Lipinski definition) is 4. The van der Waals surface area contributed by atoms with Crippen LogP contribution >= 0.6 is 0 Å². The van der Waals surface area contributed by atoms with Crippen molar-refractivity contribution in [2.45, 2.75) is 6.92 Å². The molecule has 0 saturated carbocycles. The fourth-order valence-corrected chi connectivity index (χ4v) is 3.22. The molecule has 2 aromatic heterocycles. The van der Waals surface area contributed by atoms with Crippen LogP contribution in [0.25, 0.3) is 33.1 Å². The predicted molar refractivity (Wildman–Crippen MR) is 98.8 cm³/mol. The minimum atomic E-state index is -0.767. The van der Waals surface area contributed by atoms with Gasteiger partial charge in [-0.1, -0.05) is 12.1 Å². The number of ether oxygens (including phenoxy) is 2. The summed E-state index contributed by atoms with van der Waals surface area (Å²) in [5, 5.41) is 6.92. The Bertz CT molecular complexity index is 1190. The largest absolute Gasteiger partial charge is 0.488 e. The van der Waals surface area contributed by atoms with Gasteiger partial charge in [0.15, 0.2) is 17.2 Å². The van der Waals surface area contributed by atoms with Crippen LogP contribution in [0.15, 0.2) is 30.3 Å². The number of pyridine rings is 1. The molecule has 0 saturated heterocycles. The van der Waals surface area contributed by atoms with Crippen molar-refractivity contribution in [3.63, 3.8) is 0 Å². The molecule has 28 heavy (non-hydrogen) atoms. The van der Waals surface area contributed by atoms with Crippen LogP contribution in [0.5, 0.6) is 5.75 Å². The van der Waals surface area contributed by atoms with Crippen LogP contribution in [0.4, 0.5) is 13.2 Å². The molecule has 0 fully saturated rings. The quantitative estimate of drug-likeness (QED) is 0.511. The third-order valence-corrected chi connectivity index (χ3v) is 4.49. The number of aryl methyl sites for hydroxylation is 1. The summed E-state index contributed by atoms with van der Waals surface area (Å²) in [7, 11) is 1.48. The number of fused-ring (bicyclic) bond motifs is 3. The highest BCUT2D eigenvalue weighted by atomic mass is 19.1. The minimum absolute atomic E-state index is 0.0214. The van der Waals surface area contributed by atoms with Gasteiger partial charge in [-0.05, 0) is 19.1 Å². The van der Waals surface area contributed by atoms with E-state index in [-0.39, 0.29) is 46.6 Å². The average Bonchev–Trinajstić information content (AvgIpc) is 3.06. The number of nitrogens with one attached hydrogen (secondary N) is 1. The Morgan fingerprint density at radius 1 is 1.00 bits per heavy atom. The van der Waals surface area contributed by atoms with Gasteiger partial charge in [0.2, 0.25) is 0 Å². The lowest BCUT2D eigenvalue weighted by Gasteiger charge is -2.13. The van der Waals surface area contributed by atoms with E-state index in [1.165, 1.54) is 25.3 Å². The van der Waals surface area contributed by atoms with E-state index in [0.717, 1.165) is 6.07 Å². The van der Waals surface area contributed by atoms with Gasteiger partial charge in [0, 0.05) is 35.2 Å². The zero-order valence-electron chi connectivity index (χ0n) is 15.1. The summed E-state index contributed by atoms with van der Waals surface area (Å²) in [6.07, 6.45) is 0. The molecule has 4 rings (SSSR count). The van der Waals surface area contributed by atoms with Crippen molar-refractivity contribution >= 4 is 21.8 Å². The first-order valence-electron chi connectivity index (χ1n) is 8.56. The normalized spacial score (nSPS) is 11.5. The van der Waals surface area contributed by atoms with Crippen LogP contribution in [0.3, 0.4) is 0 Å². The molecular formula is C20H16F3N3O2. The van der Waals surface area contributed by atoms with Crippen molar-refractivity contribution in [1.82, 2.24) is 15.2 Å². The van der Waals surface area contributed by atoms with Crippen molar-refractivity contribution in [3.8, 4) is 17.0 Å². The van der Waals surface area contributed by atoms with Crippen molar-refractivity contribution in [2.24, 2.45) is 0 Å². The van der Waals surface area contributed by atoms with Crippen LogP contribution in [-0.2, 0) is 4.74 Å². The van der Waals surface area contributed by atoms with Crippen molar-refractivity contribution in [1.29, 1.82) is 0 Å². The second-order valence-corrected chi connectivity index (χ2v) is 6.25. The summed E-state index contributed by atoms with van der Waals surface area (Å²) < 4.78 is 55.1. The van der Waals surface area contributed by atoms with Gasteiger partial charge in [-0.25, -0.2) is 18.2 Å². The monoisotopic (exact) mass is 387 g/mol. The summed E-state index contributed by atoms with van der Waals surface area (Å²) >= 11 is 0. The molecule has 0 atom stereocenters. The Kier molecular flexibility index (Phi) is 4.64. The summed E-state index contributed by atoms with van der Waals surface area (Å²) in [6, 6.07) is 6.75. The first-order chi connectivity index (χ1) is 13.5. The second kappa shape index (κ2) is 7.12. The zero-order chi connectivity index (χ0) is 19.8. The molecule has 144 valence electrons. The van der Waals surface area contributed by atoms with Gasteiger partial charge < -0.3 is 9.47 Å². The first-order valence-corrected chi connectivity index (χ1v) is 8.56. The van der Waals surface area contributed by atoms with Crippen molar-refractivity contribution < 1.29 is 22.6 Å². The van der Waals surface area contributed by atoms with Gasteiger partial charge >= 0.3 is 0 Å². The lowest BCUT2D eigenvalue weighted by Crippen LogP contribution is -2.06. The smallest absolute Gasteiger partial charge is 0.182 e. The molecule has 8 heteroatoms. The molecule has 0 unspecified atom stereocenters. The molecule has 0 aliphatic heterocycles. The van der Waals surface area contributed by atoms with Crippen LogP contribution < -0.4 is 4.74 Å². The maximum absolute atomic E-state index is 15.4. The third-order valence-electron chi connectivity index (χ3n) is 4.49. The Morgan fingerprint density at radius 2 is 1.79 bits per heavy atom. The molecule has 2 heterocycles. The van der Waals surface area contributed by atoms with E-state index in [1.807, 2.05) is 0 Å². The fourth-order valence-electron chi connectivity index (χ4n) is 3.22. The number of methoxy groups -OCH3 is 1. The molecule has 0 bridgehead atoms. The summed E-state index contributed by atoms with van der Waals surface area (Å²) in [4.78, 5) is 4.31. The molecule has 0 spiro atoms. The number of hydrogen-bond donors (Lipinski definition) is 1. The van der Waals surface area contributed by atoms with E-state index in [9.17, 15) is 4.39 Å². The molecule has 0 radical (unpaired) electrons. The Labute approximate surface area is 158 Å². The SMILES string of the molecule is COCCOc1cc(F)c2c(-c3ccccc3F)nc3n[nH]c(C)c3c2c1F. The van der Waals surface area contributed by atoms with E-state index in [4.69, 9.17) is 9.47 Å². The highest BCUT2D eigenvalue weighted by molar-refractivity contribution is 6.12. The van der Waals surface area contributed by atoms with E-state index < -0.39 is 17.5 Å². The molecule has 0 aliphatic carbocycles. The Balaban J connectivity index is 2.09. The molecule has 5 nitrogen and oxygen atoms in total. The fraction of sp³-hybridized carbons (Fsp3) is 0.200. The number of aromatic amines is 1. The van der Waals surface area contributed by atoms with Gasteiger partial charge in [-0.3, -0.25) is 5.10 Å². The van der Waals surface area contributed by atoms with Crippen LogP contribution in [0, 0.1) is 24.4 Å². The third kappa shape index (κ3) is 2.86. The summed E-state index contributed by atoms with van der Waals surface area (Å²) in [6.45, 7) is 1.95. The zero-order valence-corrected chi connectivity index (χ0v) is 15.1. The number of halogens is 3. The summed E-state index contributed by atoms with van der Waals surface area (Å²) in [5.74, 6) is -2.38. The first kappa shape index (κ1) is 18.2. The number of aromatic nitrogens is 3. The average molecular weight is 387 g/mol. The molecule has 4 aromatic rings. The number of H-pyrrole nitrogens is 1. The molecule has 0 amide bonds. The highest BCUT2D eigenvalue weighted by Crippen LogP contribution is 2.40. The van der Waals surface area contributed by atoms with Crippen molar-refractivity contribution in [3.05, 3.63) is 53.5 Å². The predicted octanol–water partition coefficient (Wildman–Crippen LogP) is 4.53. The van der Waals surface area contributed by atoms with Crippen LogP contribution in [-0.4, -0.2) is 35.5 Å². The number of rotatable bonds is 5. The lowest BCUT2D eigenvalue weighted by atomic mass is 9.99. The van der Waals surface area contributed by atoms with Crippen molar-refractivity contribution in [2.75, 3.05) is 20.3 Å². The molecule has 2 aromatic carbocycles. The number of nitrogens with zero attached hydrogens (tertiary/aromatic N) is 2. The summed E-state index contributed by atoms with van der Waals surface area (Å²) in [5.41, 5.74) is 0.712. The van der Waals surface area contributed by atoms with E-state index in [0.29, 0.717) is 11.1 Å². The standard InChI is InChI=1S/C20H16F3N3O2/c1-10-15-17-16(13(22)9-14(18(17)23)28-8-7-27-2)19(24-20(15)26-25-10)11-5-3-4-6-12(11)21/h3-6,9H,7-8H2,1-2H3,(H,24,25,26). The molecule has 1 N–H and O–H groups in total. The number of benzene rings is 2. The van der Waals surface area contributed by atoms with E-state index in [1.54, 1.807) is 13.0 Å². The second-order valence-electron chi connectivity index (χ2n) is 6.25. The Morgan fingerprint density at radius 3 is 2.54 bits per heavy atom. The van der Waals surface area contributed by atoms with Gasteiger partial charge in [0.05, 0.1) is 17.7 Å². The van der Waals surface area contributed by atoms with Crippen LogP contribution in [0.1, 0.15) is 5.69 Å². The highest BCUT2D eigenvalue weighted by Gasteiger charge is 2.24. The Hall–Kier alpha value is -3.13. The minimum Gasteiger partial charge on any atom is -0.488 e. The van der Waals surface area contributed by atoms with Gasteiger partial charge in [0.1, 0.15) is 18.2 Å². The van der Waals surface area contributed by atoms with Gasteiger partial charge in [-0.15, -0.1) is 0 Å². The maximum atomic E-state index is 15.4. The van der Waals surface area contributed by atoms with Gasteiger partial charge in [-0.2, -0.15) is 5.10 Å². The maximum Gasteiger partial charge on any atom is 0.182 e. The topological polar surface area (TPSA) is 60.0 Å². The van der Waals surface area contributed by atoms with E-state index in [2.05, 4.69) is 15.2 Å². The molecule has 0 aliphatic rings.